The Kier molecular flexibility index (Phi) is 4.16. The van der Waals surface area contributed by atoms with Gasteiger partial charge in [0.1, 0.15) is 5.01 Å². The van der Waals surface area contributed by atoms with Gasteiger partial charge < -0.3 is 10.6 Å². The van der Waals surface area contributed by atoms with Gasteiger partial charge in [-0.1, -0.05) is 11.6 Å². The molecule has 0 saturated heterocycles. The first-order chi connectivity index (χ1) is 9.10. The number of rotatable bonds is 4. The number of nitrogens with one attached hydrogen (secondary N) is 2. The van der Waals surface area contributed by atoms with Gasteiger partial charge in [-0.25, -0.2) is 4.98 Å². The van der Waals surface area contributed by atoms with Crippen LogP contribution < -0.4 is 10.6 Å². The minimum atomic E-state index is -0.0825. The Morgan fingerprint density at radius 3 is 2.79 bits per heavy atom. The number of hydrogen-bond acceptors (Lipinski definition) is 4. The molecule has 2 N–H and O–H groups in total. The molecule has 0 bridgehead atoms. The molecular weight excluding hydrogens is 258 g/mol. The van der Waals surface area contributed by atoms with Gasteiger partial charge in [0.15, 0.2) is 0 Å². The van der Waals surface area contributed by atoms with E-state index >= 15 is 0 Å². The van der Waals surface area contributed by atoms with Crippen LogP contribution in [0.4, 0.5) is 5.69 Å². The van der Waals surface area contributed by atoms with Gasteiger partial charge in [0, 0.05) is 23.8 Å². The number of thiazole rings is 1. The van der Waals surface area contributed by atoms with Crippen molar-refractivity contribution in [2.45, 2.75) is 20.4 Å². The molecule has 0 spiro atoms. The SMILES string of the molecule is CNc1ccc(C)cc1C(=O)NCc1ncc(C)s1. The van der Waals surface area contributed by atoms with E-state index in [0.717, 1.165) is 21.1 Å². The molecule has 0 atom stereocenters. The fraction of sp³-hybridized carbons (Fsp3) is 0.286. The molecule has 0 aliphatic rings. The number of carbonyl (C=O) groups is 1. The zero-order valence-corrected chi connectivity index (χ0v) is 12.1. The van der Waals surface area contributed by atoms with Crippen LogP contribution in [0.2, 0.25) is 0 Å². The molecule has 2 rings (SSSR count). The first kappa shape index (κ1) is 13.5. The summed E-state index contributed by atoms with van der Waals surface area (Å²) in [4.78, 5) is 17.6. The Bertz CT molecular complexity index is 592. The third-order valence-corrected chi connectivity index (χ3v) is 3.67. The lowest BCUT2D eigenvalue weighted by Crippen LogP contribution is -2.23. The molecule has 1 amide bonds. The lowest BCUT2D eigenvalue weighted by Gasteiger charge is -2.10. The molecule has 100 valence electrons. The van der Waals surface area contributed by atoms with Crippen LogP contribution in [-0.4, -0.2) is 17.9 Å². The molecule has 19 heavy (non-hydrogen) atoms. The highest BCUT2D eigenvalue weighted by atomic mass is 32.1. The summed E-state index contributed by atoms with van der Waals surface area (Å²) in [6, 6.07) is 5.78. The quantitative estimate of drug-likeness (QED) is 0.902. The molecule has 0 radical (unpaired) electrons. The maximum absolute atomic E-state index is 12.2. The minimum absolute atomic E-state index is 0.0825. The predicted molar refractivity (Wildman–Crippen MR) is 78.7 cm³/mol. The summed E-state index contributed by atoms with van der Waals surface area (Å²) in [5.74, 6) is -0.0825. The van der Waals surface area contributed by atoms with Crippen molar-refractivity contribution in [1.82, 2.24) is 10.3 Å². The fourth-order valence-corrected chi connectivity index (χ4v) is 2.53. The standard InChI is InChI=1S/C14H17N3OS/c1-9-4-5-12(15-3)11(6-9)14(18)17-8-13-16-7-10(2)19-13/h4-7,15H,8H2,1-3H3,(H,17,18). The largest absolute Gasteiger partial charge is 0.387 e. The first-order valence-electron chi connectivity index (χ1n) is 6.08. The second kappa shape index (κ2) is 5.84. The van der Waals surface area contributed by atoms with Crippen LogP contribution >= 0.6 is 11.3 Å². The van der Waals surface area contributed by atoms with E-state index in [-0.39, 0.29) is 5.91 Å². The molecule has 1 aromatic heterocycles. The van der Waals surface area contributed by atoms with Gasteiger partial charge in [-0.2, -0.15) is 0 Å². The zero-order chi connectivity index (χ0) is 13.8. The van der Waals surface area contributed by atoms with Gasteiger partial charge >= 0.3 is 0 Å². The molecule has 0 aliphatic carbocycles. The van der Waals surface area contributed by atoms with E-state index in [9.17, 15) is 4.79 Å². The molecule has 1 aromatic carbocycles. The summed E-state index contributed by atoms with van der Waals surface area (Å²) in [5, 5.41) is 6.85. The van der Waals surface area contributed by atoms with Crippen LogP contribution in [-0.2, 0) is 6.54 Å². The molecule has 0 fully saturated rings. The van der Waals surface area contributed by atoms with Crippen molar-refractivity contribution in [3.05, 3.63) is 45.4 Å². The van der Waals surface area contributed by atoms with E-state index in [2.05, 4.69) is 15.6 Å². The summed E-state index contributed by atoms with van der Waals surface area (Å²) in [5.41, 5.74) is 2.56. The lowest BCUT2D eigenvalue weighted by atomic mass is 10.1. The first-order valence-corrected chi connectivity index (χ1v) is 6.89. The highest BCUT2D eigenvalue weighted by Gasteiger charge is 2.11. The molecule has 5 heteroatoms. The third kappa shape index (κ3) is 3.32. The number of anilines is 1. The average molecular weight is 275 g/mol. The molecular formula is C14H17N3OS. The van der Waals surface area contributed by atoms with Crippen LogP contribution in [0.1, 0.15) is 25.8 Å². The number of nitrogens with zero attached hydrogens (tertiary/aromatic N) is 1. The summed E-state index contributed by atoms with van der Waals surface area (Å²) in [6.07, 6.45) is 1.82. The average Bonchev–Trinajstić information content (AvgIpc) is 2.81. The summed E-state index contributed by atoms with van der Waals surface area (Å²) in [7, 11) is 1.81. The van der Waals surface area contributed by atoms with Crippen molar-refractivity contribution in [3.63, 3.8) is 0 Å². The summed E-state index contributed by atoms with van der Waals surface area (Å²) in [6.45, 7) is 4.44. The van der Waals surface area contributed by atoms with Crippen LogP contribution in [0.15, 0.2) is 24.4 Å². The Labute approximate surface area is 116 Å². The minimum Gasteiger partial charge on any atom is -0.387 e. The zero-order valence-electron chi connectivity index (χ0n) is 11.3. The Morgan fingerprint density at radius 1 is 1.37 bits per heavy atom. The van der Waals surface area contributed by atoms with Crippen molar-refractivity contribution in [3.8, 4) is 0 Å². The topological polar surface area (TPSA) is 54.0 Å². The molecule has 4 nitrogen and oxygen atoms in total. The number of amides is 1. The Morgan fingerprint density at radius 2 is 2.16 bits per heavy atom. The second-order valence-corrected chi connectivity index (χ2v) is 5.67. The fourth-order valence-electron chi connectivity index (χ4n) is 1.80. The van der Waals surface area contributed by atoms with E-state index in [4.69, 9.17) is 0 Å². The molecule has 0 aliphatic heterocycles. The maximum atomic E-state index is 12.2. The van der Waals surface area contributed by atoms with Crippen LogP contribution in [0.3, 0.4) is 0 Å². The third-order valence-electron chi connectivity index (χ3n) is 2.76. The van der Waals surface area contributed by atoms with Gasteiger partial charge in [-0.3, -0.25) is 4.79 Å². The van der Waals surface area contributed by atoms with Crippen LogP contribution in [0.25, 0.3) is 0 Å². The predicted octanol–water partition coefficient (Wildman–Crippen LogP) is 2.73. The summed E-state index contributed by atoms with van der Waals surface area (Å²) >= 11 is 1.60. The van der Waals surface area contributed by atoms with Crippen LogP contribution in [0, 0.1) is 13.8 Å². The van der Waals surface area contributed by atoms with Crippen molar-refractivity contribution in [2.24, 2.45) is 0 Å². The Balaban J connectivity index is 2.09. The van der Waals surface area contributed by atoms with Gasteiger partial charge in [-0.05, 0) is 26.0 Å². The number of aromatic nitrogens is 1. The normalized spacial score (nSPS) is 10.3. The van der Waals surface area contributed by atoms with Crippen molar-refractivity contribution >= 4 is 22.9 Å². The van der Waals surface area contributed by atoms with E-state index in [1.807, 2.05) is 45.3 Å². The molecule has 0 saturated carbocycles. The van der Waals surface area contributed by atoms with E-state index in [0.29, 0.717) is 12.1 Å². The van der Waals surface area contributed by atoms with E-state index in [1.165, 1.54) is 0 Å². The monoisotopic (exact) mass is 275 g/mol. The molecule has 2 aromatic rings. The Hall–Kier alpha value is -1.88. The van der Waals surface area contributed by atoms with E-state index < -0.39 is 0 Å². The second-order valence-electron chi connectivity index (χ2n) is 4.35. The highest BCUT2D eigenvalue weighted by molar-refractivity contribution is 7.11. The van der Waals surface area contributed by atoms with Gasteiger partial charge in [0.05, 0.1) is 12.1 Å². The molecule has 1 heterocycles. The van der Waals surface area contributed by atoms with Crippen LogP contribution in [0.5, 0.6) is 0 Å². The van der Waals surface area contributed by atoms with Gasteiger partial charge in [-0.15, -0.1) is 11.3 Å². The van der Waals surface area contributed by atoms with E-state index in [1.54, 1.807) is 11.3 Å². The smallest absolute Gasteiger partial charge is 0.253 e. The van der Waals surface area contributed by atoms with Crippen molar-refractivity contribution in [1.29, 1.82) is 0 Å². The highest BCUT2D eigenvalue weighted by Crippen LogP contribution is 2.17. The van der Waals surface area contributed by atoms with Crippen molar-refractivity contribution < 1.29 is 4.79 Å². The van der Waals surface area contributed by atoms with Gasteiger partial charge in [0.2, 0.25) is 0 Å². The molecule has 0 unspecified atom stereocenters. The number of benzene rings is 1. The number of aryl methyl sites for hydroxylation is 2. The number of carbonyl (C=O) groups excluding carboxylic acids is 1. The van der Waals surface area contributed by atoms with Crippen molar-refractivity contribution in [2.75, 3.05) is 12.4 Å². The summed E-state index contributed by atoms with van der Waals surface area (Å²) < 4.78 is 0. The lowest BCUT2D eigenvalue weighted by molar-refractivity contribution is 0.0951. The number of hydrogen-bond donors (Lipinski definition) is 2. The maximum Gasteiger partial charge on any atom is 0.253 e. The van der Waals surface area contributed by atoms with Gasteiger partial charge in [0.25, 0.3) is 5.91 Å².